The Morgan fingerprint density at radius 3 is 2.92 bits per heavy atom. The van der Waals surface area contributed by atoms with Crippen molar-refractivity contribution in [3.63, 3.8) is 0 Å². The second kappa shape index (κ2) is 3.52. The SMILES string of the molecule is [c]1cc(OC2CCCC2)ncn1. The summed E-state index contributed by atoms with van der Waals surface area (Å²) in [6, 6.07) is 1.68. The molecule has 0 aliphatic heterocycles. The van der Waals surface area contributed by atoms with Crippen LogP contribution in [0.3, 0.4) is 0 Å². The van der Waals surface area contributed by atoms with E-state index < -0.39 is 0 Å². The minimum Gasteiger partial charge on any atom is -0.474 e. The number of rotatable bonds is 2. The molecule has 2 rings (SSSR count). The number of aromatic nitrogens is 2. The van der Waals surface area contributed by atoms with Crippen molar-refractivity contribution in [1.29, 1.82) is 0 Å². The van der Waals surface area contributed by atoms with E-state index >= 15 is 0 Å². The monoisotopic (exact) mass is 163 g/mol. The van der Waals surface area contributed by atoms with Gasteiger partial charge >= 0.3 is 0 Å². The topological polar surface area (TPSA) is 35.0 Å². The molecule has 0 amide bonds. The molecule has 3 nitrogen and oxygen atoms in total. The molecule has 1 aromatic heterocycles. The summed E-state index contributed by atoms with van der Waals surface area (Å²) < 4.78 is 5.59. The van der Waals surface area contributed by atoms with E-state index in [9.17, 15) is 0 Å². The van der Waals surface area contributed by atoms with Crippen LogP contribution in [-0.4, -0.2) is 16.1 Å². The van der Waals surface area contributed by atoms with Crippen LogP contribution < -0.4 is 4.74 Å². The van der Waals surface area contributed by atoms with Crippen LogP contribution in [0, 0.1) is 6.20 Å². The van der Waals surface area contributed by atoms with Gasteiger partial charge in [-0.2, -0.15) is 0 Å². The number of ether oxygens (including phenoxy) is 1. The van der Waals surface area contributed by atoms with E-state index in [1.165, 1.54) is 19.2 Å². The maximum Gasteiger partial charge on any atom is 0.217 e. The van der Waals surface area contributed by atoms with E-state index in [2.05, 4.69) is 16.2 Å². The molecule has 1 aliphatic rings. The van der Waals surface area contributed by atoms with E-state index in [1.807, 2.05) is 0 Å². The van der Waals surface area contributed by atoms with Crippen molar-refractivity contribution in [2.24, 2.45) is 0 Å². The van der Waals surface area contributed by atoms with Crippen LogP contribution in [0.4, 0.5) is 0 Å². The quantitative estimate of drug-likeness (QED) is 0.664. The van der Waals surface area contributed by atoms with Gasteiger partial charge in [-0.15, -0.1) is 0 Å². The summed E-state index contributed by atoms with van der Waals surface area (Å²) in [5.41, 5.74) is 0. The molecular formula is C9H11N2O. The lowest BCUT2D eigenvalue weighted by Gasteiger charge is -2.10. The van der Waals surface area contributed by atoms with E-state index in [-0.39, 0.29) is 0 Å². The van der Waals surface area contributed by atoms with Crippen molar-refractivity contribution in [2.75, 3.05) is 0 Å². The largest absolute Gasteiger partial charge is 0.474 e. The van der Waals surface area contributed by atoms with Gasteiger partial charge in [0.05, 0.1) is 6.20 Å². The van der Waals surface area contributed by atoms with Crippen LogP contribution >= 0.6 is 0 Å². The van der Waals surface area contributed by atoms with E-state index in [0.717, 1.165) is 12.8 Å². The minimum atomic E-state index is 0.369. The van der Waals surface area contributed by atoms with E-state index in [4.69, 9.17) is 4.74 Å². The lowest BCUT2D eigenvalue weighted by Crippen LogP contribution is -2.11. The number of nitrogens with zero attached hydrogens (tertiary/aromatic N) is 2. The van der Waals surface area contributed by atoms with Crippen LogP contribution in [0.5, 0.6) is 5.88 Å². The molecule has 0 atom stereocenters. The van der Waals surface area contributed by atoms with Crippen molar-refractivity contribution in [3.05, 3.63) is 18.6 Å². The lowest BCUT2D eigenvalue weighted by molar-refractivity contribution is 0.201. The van der Waals surface area contributed by atoms with Crippen molar-refractivity contribution in [1.82, 2.24) is 9.97 Å². The van der Waals surface area contributed by atoms with E-state index in [1.54, 1.807) is 6.07 Å². The molecule has 1 heterocycles. The first-order chi connectivity index (χ1) is 5.95. The summed E-state index contributed by atoms with van der Waals surface area (Å²) in [6.07, 6.45) is 9.40. The third kappa shape index (κ3) is 1.72. The normalized spacial score (nSPS) is 18.0. The van der Waals surface area contributed by atoms with Crippen molar-refractivity contribution in [2.45, 2.75) is 31.8 Å². The molecule has 1 radical (unpaired) electrons. The maximum atomic E-state index is 5.59. The van der Waals surface area contributed by atoms with Gasteiger partial charge in [0.15, 0.2) is 0 Å². The summed E-state index contributed by atoms with van der Waals surface area (Å²) in [4.78, 5) is 7.68. The smallest absolute Gasteiger partial charge is 0.217 e. The number of hydrogen-bond donors (Lipinski definition) is 0. The molecule has 0 unspecified atom stereocenters. The Balaban J connectivity index is 1.94. The van der Waals surface area contributed by atoms with Gasteiger partial charge in [-0.1, -0.05) is 0 Å². The fourth-order valence-corrected chi connectivity index (χ4v) is 1.49. The lowest BCUT2D eigenvalue weighted by atomic mass is 10.3. The Morgan fingerprint density at radius 1 is 1.42 bits per heavy atom. The zero-order chi connectivity index (χ0) is 8.23. The molecule has 63 valence electrons. The van der Waals surface area contributed by atoms with Crippen LogP contribution in [0.2, 0.25) is 0 Å². The van der Waals surface area contributed by atoms with Crippen LogP contribution in [-0.2, 0) is 0 Å². The summed E-state index contributed by atoms with van der Waals surface area (Å²) in [6.45, 7) is 0. The molecule has 0 aromatic carbocycles. The molecular weight excluding hydrogens is 152 g/mol. The van der Waals surface area contributed by atoms with Crippen molar-refractivity contribution in [3.8, 4) is 5.88 Å². The van der Waals surface area contributed by atoms with Crippen LogP contribution in [0.25, 0.3) is 0 Å². The zero-order valence-electron chi connectivity index (χ0n) is 6.86. The highest BCUT2D eigenvalue weighted by Gasteiger charge is 2.16. The summed E-state index contributed by atoms with van der Waals surface area (Å²) in [7, 11) is 0. The Morgan fingerprint density at radius 2 is 2.25 bits per heavy atom. The van der Waals surface area contributed by atoms with Crippen molar-refractivity contribution < 1.29 is 4.74 Å². The first-order valence-corrected chi connectivity index (χ1v) is 4.30. The van der Waals surface area contributed by atoms with E-state index in [0.29, 0.717) is 12.0 Å². The van der Waals surface area contributed by atoms with Gasteiger partial charge in [-0.3, -0.25) is 0 Å². The average molecular weight is 163 g/mol. The maximum absolute atomic E-state index is 5.59. The van der Waals surface area contributed by atoms with Crippen LogP contribution in [0.15, 0.2) is 12.4 Å². The molecule has 3 heteroatoms. The molecule has 12 heavy (non-hydrogen) atoms. The Labute approximate surface area is 71.8 Å². The van der Waals surface area contributed by atoms with Gasteiger partial charge in [-0.05, 0) is 25.7 Å². The first kappa shape index (κ1) is 7.53. The predicted molar refractivity (Wildman–Crippen MR) is 43.8 cm³/mol. The fourth-order valence-electron chi connectivity index (χ4n) is 1.49. The molecule has 0 saturated heterocycles. The second-order valence-corrected chi connectivity index (χ2v) is 3.01. The average Bonchev–Trinajstić information content (AvgIpc) is 2.59. The van der Waals surface area contributed by atoms with Crippen LogP contribution in [0.1, 0.15) is 25.7 Å². The Kier molecular flexibility index (Phi) is 2.21. The third-order valence-electron chi connectivity index (χ3n) is 2.09. The molecule has 1 fully saturated rings. The number of hydrogen-bond acceptors (Lipinski definition) is 3. The second-order valence-electron chi connectivity index (χ2n) is 3.01. The summed E-state index contributed by atoms with van der Waals surface area (Å²) in [5.74, 6) is 0.650. The Bertz CT molecular complexity index is 232. The molecule has 1 saturated carbocycles. The van der Waals surface area contributed by atoms with Gasteiger partial charge in [0.25, 0.3) is 0 Å². The summed E-state index contributed by atoms with van der Waals surface area (Å²) in [5, 5.41) is 0. The highest BCUT2D eigenvalue weighted by atomic mass is 16.5. The predicted octanol–water partition coefficient (Wildman–Crippen LogP) is 1.60. The van der Waals surface area contributed by atoms with Gasteiger partial charge < -0.3 is 4.74 Å². The summed E-state index contributed by atoms with van der Waals surface area (Å²) >= 11 is 0. The standard InChI is InChI=1S/C9H11N2O/c1-2-4-8(3-1)12-9-5-6-10-7-11-9/h5,7-8H,1-4H2. The fraction of sp³-hybridized carbons (Fsp3) is 0.556. The highest BCUT2D eigenvalue weighted by molar-refractivity contribution is 5.04. The zero-order valence-corrected chi connectivity index (χ0v) is 6.86. The Hall–Kier alpha value is -1.12. The molecule has 1 aromatic rings. The molecule has 1 aliphatic carbocycles. The highest BCUT2D eigenvalue weighted by Crippen LogP contribution is 2.22. The van der Waals surface area contributed by atoms with Gasteiger partial charge in [-0.25, -0.2) is 9.97 Å². The minimum absolute atomic E-state index is 0.369. The molecule has 0 N–H and O–H groups in total. The third-order valence-corrected chi connectivity index (χ3v) is 2.09. The first-order valence-electron chi connectivity index (χ1n) is 4.30. The van der Waals surface area contributed by atoms with Gasteiger partial charge in [0.2, 0.25) is 5.88 Å². The molecule has 0 bridgehead atoms. The van der Waals surface area contributed by atoms with Crippen molar-refractivity contribution >= 4 is 0 Å². The van der Waals surface area contributed by atoms with Gasteiger partial charge in [0, 0.05) is 6.07 Å². The molecule has 0 spiro atoms. The van der Waals surface area contributed by atoms with Gasteiger partial charge in [0.1, 0.15) is 12.4 Å².